The Morgan fingerprint density at radius 3 is 2.40 bits per heavy atom. The van der Waals surface area contributed by atoms with Crippen molar-refractivity contribution in [2.45, 2.75) is 18.6 Å². The molecule has 20 heavy (non-hydrogen) atoms. The normalized spacial score (nSPS) is 22.1. The first-order valence-corrected chi connectivity index (χ1v) is 5.62. The van der Waals surface area contributed by atoms with Gasteiger partial charge < -0.3 is 15.1 Å². The maximum absolute atomic E-state index is 13.8. The van der Waals surface area contributed by atoms with E-state index < -0.39 is 46.0 Å². The van der Waals surface area contributed by atoms with Crippen molar-refractivity contribution in [3.63, 3.8) is 0 Å². The maximum atomic E-state index is 13.8. The van der Waals surface area contributed by atoms with Crippen LogP contribution in [0, 0.1) is 21.7 Å². The number of β-amino-alcohol motifs (C(OH)–C–C–N with tert-alkyl or cyclic N) is 1. The fourth-order valence-electron chi connectivity index (χ4n) is 2.23. The molecule has 2 atom stereocenters. The van der Waals surface area contributed by atoms with Crippen LogP contribution in [-0.4, -0.2) is 39.8 Å². The molecule has 0 saturated carbocycles. The summed E-state index contributed by atoms with van der Waals surface area (Å²) in [5.74, 6) is -3.81. The number of benzene rings is 1. The standard InChI is InChI=1S/C11H10F2N2O5/c12-7-1-5(15(19)20)2-8(13)10(7)14-4-6(16)3-9(14)11(17)18/h1-2,6,9,16H,3-4H2,(H,17,18). The van der Waals surface area contributed by atoms with Gasteiger partial charge in [0.2, 0.25) is 0 Å². The molecular weight excluding hydrogens is 278 g/mol. The summed E-state index contributed by atoms with van der Waals surface area (Å²) >= 11 is 0. The van der Waals surface area contributed by atoms with Gasteiger partial charge in [-0.2, -0.15) is 0 Å². The summed E-state index contributed by atoms with van der Waals surface area (Å²) in [6.45, 7) is -0.261. The predicted molar refractivity (Wildman–Crippen MR) is 62.4 cm³/mol. The van der Waals surface area contributed by atoms with Gasteiger partial charge in [0.25, 0.3) is 5.69 Å². The van der Waals surface area contributed by atoms with Crippen LogP contribution in [0.3, 0.4) is 0 Å². The molecule has 2 unspecified atom stereocenters. The van der Waals surface area contributed by atoms with Crippen LogP contribution >= 0.6 is 0 Å². The fraction of sp³-hybridized carbons (Fsp3) is 0.364. The van der Waals surface area contributed by atoms with E-state index in [0.717, 1.165) is 4.90 Å². The summed E-state index contributed by atoms with van der Waals surface area (Å²) < 4.78 is 27.7. The number of carbonyl (C=O) groups is 1. The number of aliphatic hydroxyl groups is 1. The topological polar surface area (TPSA) is 104 Å². The molecule has 0 aliphatic carbocycles. The van der Waals surface area contributed by atoms with Gasteiger partial charge in [0, 0.05) is 13.0 Å². The second-order valence-corrected chi connectivity index (χ2v) is 4.41. The predicted octanol–water partition coefficient (Wildman–Crippen LogP) is 0.897. The second kappa shape index (κ2) is 5.00. The molecule has 0 radical (unpaired) electrons. The van der Waals surface area contributed by atoms with Crippen molar-refractivity contribution in [2.75, 3.05) is 11.4 Å². The minimum Gasteiger partial charge on any atom is -0.480 e. The minimum absolute atomic E-state index is 0.175. The van der Waals surface area contributed by atoms with E-state index in [4.69, 9.17) is 5.11 Å². The van der Waals surface area contributed by atoms with Crippen LogP contribution in [0.15, 0.2) is 12.1 Å². The van der Waals surface area contributed by atoms with Gasteiger partial charge in [-0.05, 0) is 0 Å². The summed E-state index contributed by atoms with van der Waals surface area (Å²) in [5, 5.41) is 28.9. The Morgan fingerprint density at radius 1 is 1.40 bits per heavy atom. The van der Waals surface area contributed by atoms with Crippen molar-refractivity contribution >= 4 is 17.3 Å². The van der Waals surface area contributed by atoms with E-state index in [0.29, 0.717) is 12.1 Å². The number of nitrogens with zero attached hydrogens (tertiary/aromatic N) is 2. The van der Waals surface area contributed by atoms with Gasteiger partial charge in [0.15, 0.2) is 11.6 Å². The third-order valence-electron chi connectivity index (χ3n) is 3.06. The average molecular weight is 288 g/mol. The third-order valence-corrected chi connectivity index (χ3v) is 3.06. The van der Waals surface area contributed by atoms with E-state index in [9.17, 15) is 28.8 Å². The Hall–Kier alpha value is -2.29. The van der Waals surface area contributed by atoms with Crippen molar-refractivity contribution in [2.24, 2.45) is 0 Å². The quantitative estimate of drug-likeness (QED) is 0.632. The molecule has 2 rings (SSSR count). The van der Waals surface area contributed by atoms with Crippen LogP contribution in [-0.2, 0) is 4.79 Å². The minimum atomic E-state index is -1.33. The molecule has 1 aliphatic rings. The van der Waals surface area contributed by atoms with Crippen molar-refractivity contribution in [1.29, 1.82) is 0 Å². The van der Waals surface area contributed by atoms with Crippen LogP contribution < -0.4 is 4.90 Å². The molecule has 9 heteroatoms. The lowest BCUT2D eigenvalue weighted by Crippen LogP contribution is -2.37. The highest BCUT2D eigenvalue weighted by molar-refractivity contribution is 5.79. The van der Waals surface area contributed by atoms with E-state index in [1.165, 1.54) is 0 Å². The molecule has 0 spiro atoms. The van der Waals surface area contributed by atoms with Crippen LogP contribution in [0.25, 0.3) is 0 Å². The monoisotopic (exact) mass is 288 g/mol. The molecule has 1 heterocycles. The van der Waals surface area contributed by atoms with Gasteiger partial charge in [-0.15, -0.1) is 0 Å². The Morgan fingerprint density at radius 2 is 1.95 bits per heavy atom. The number of nitro benzene ring substituents is 1. The van der Waals surface area contributed by atoms with E-state index in [1.807, 2.05) is 0 Å². The number of non-ortho nitro benzene ring substituents is 1. The van der Waals surface area contributed by atoms with Gasteiger partial charge in [0.1, 0.15) is 11.7 Å². The average Bonchev–Trinajstić information content (AvgIpc) is 2.70. The first-order valence-electron chi connectivity index (χ1n) is 5.62. The summed E-state index contributed by atoms with van der Waals surface area (Å²) in [4.78, 5) is 21.4. The zero-order valence-electron chi connectivity index (χ0n) is 9.99. The van der Waals surface area contributed by atoms with Gasteiger partial charge >= 0.3 is 5.97 Å². The highest BCUT2D eigenvalue weighted by Gasteiger charge is 2.39. The number of carboxylic acid groups (broad SMARTS) is 1. The molecule has 1 fully saturated rings. The Kier molecular flexibility index (Phi) is 3.53. The third kappa shape index (κ3) is 2.39. The zero-order valence-corrected chi connectivity index (χ0v) is 9.99. The highest BCUT2D eigenvalue weighted by Crippen LogP contribution is 2.33. The highest BCUT2D eigenvalue weighted by atomic mass is 19.1. The van der Waals surface area contributed by atoms with Gasteiger partial charge in [-0.25, -0.2) is 13.6 Å². The summed E-state index contributed by atoms with van der Waals surface area (Å²) in [6.07, 6.45) is -1.21. The molecule has 1 aromatic carbocycles. The number of rotatable bonds is 3. The van der Waals surface area contributed by atoms with E-state index in [1.54, 1.807) is 0 Å². The second-order valence-electron chi connectivity index (χ2n) is 4.41. The molecule has 2 N–H and O–H groups in total. The van der Waals surface area contributed by atoms with Crippen molar-refractivity contribution < 1.29 is 28.7 Å². The van der Waals surface area contributed by atoms with E-state index in [2.05, 4.69) is 0 Å². The Labute approximate surface area is 111 Å². The van der Waals surface area contributed by atoms with Gasteiger partial charge in [-0.1, -0.05) is 0 Å². The lowest BCUT2D eigenvalue weighted by Gasteiger charge is -2.24. The first-order chi connectivity index (χ1) is 9.31. The Bertz CT molecular complexity index is 557. The molecular formula is C11H10F2N2O5. The van der Waals surface area contributed by atoms with Crippen molar-refractivity contribution in [1.82, 2.24) is 0 Å². The molecule has 0 amide bonds. The SMILES string of the molecule is O=C(O)C1CC(O)CN1c1c(F)cc([N+](=O)[O-])cc1F. The molecule has 1 saturated heterocycles. The maximum Gasteiger partial charge on any atom is 0.326 e. The summed E-state index contributed by atoms with van der Waals surface area (Å²) in [7, 11) is 0. The molecule has 0 aromatic heterocycles. The van der Waals surface area contributed by atoms with E-state index in [-0.39, 0.29) is 13.0 Å². The van der Waals surface area contributed by atoms with Crippen LogP contribution in [0.5, 0.6) is 0 Å². The Balaban J connectivity index is 2.47. The van der Waals surface area contributed by atoms with Crippen LogP contribution in [0.2, 0.25) is 0 Å². The number of aliphatic carboxylic acids is 1. The molecule has 1 aromatic rings. The fourth-order valence-corrected chi connectivity index (χ4v) is 2.23. The number of carboxylic acids is 1. The largest absolute Gasteiger partial charge is 0.480 e. The molecule has 7 nitrogen and oxygen atoms in total. The first kappa shape index (κ1) is 14.1. The van der Waals surface area contributed by atoms with Crippen molar-refractivity contribution in [3.05, 3.63) is 33.9 Å². The summed E-state index contributed by atoms with van der Waals surface area (Å²) in [6, 6.07) is -0.250. The number of hydrogen-bond acceptors (Lipinski definition) is 5. The zero-order chi connectivity index (χ0) is 15.0. The van der Waals surface area contributed by atoms with Crippen LogP contribution in [0.4, 0.5) is 20.2 Å². The lowest BCUT2D eigenvalue weighted by atomic mass is 10.2. The van der Waals surface area contributed by atoms with Gasteiger partial charge in [0.05, 0.1) is 23.2 Å². The number of aliphatic hydroxyl groups excluding tert-OH is 1. The molecule has 108 valence electrons. The number of anilines is 1. The molecule has 1 aliphatic heterocycles. The van der Waals surface area contributed by atoms with E-state index >= 15 is 0 Å². The number of nitro groups is 1. The van der Waals surface area contributed by atoms with Gasteiger partial charge in [-0.3, -0.25) is 10.1 Å². The molecule has 0 bridgehead atoms. The smallest absolute Gasteiger partial charge is 0.326 e. The summed E-state index contributed by atoms with van der Waals surface area (Å²) in [5.41, 5.74) is -1.45. The lowest BCUT2D eigenvalue weighted by molar-refractivity contribution is -0.385. The van der Waals surface area contributed by atoms with Crippen LogP contribution in [0.1, 0.15) is 6.42 Å². The number of hydrogen-bond donors (Lipinski definition) is 2. The number of halogens is 2. The van der Waals surface area contributed by atoms with Crippen molar-refractivity contribution in [3.8, 4) is 0 Å².